The molecule has 0 radical (unpaired) electrons. The summed E-state index contributed by atoms with van der Waals surface area (Å²) in [7, 11) is 1.98. The van der Waals surface area contributed by atoms with Crippen LogP contribution < -0.4 is 0 Å². The third-order valence-electron chi connectivity index (χ3n) is 2.10. The summed E-state index contributed by atoms with van der Waals surface area (Å²) >= 11 is 0. The van der Waals surface area contributed by atoms with E-state index in [1.54, 1.807) is 0 Å². The number of unbranched alkanes of at least 4 members (excludes halogenated alkanes) is 3. The second-order valence-corrected chi connectivity index (χ2v) is 3.51. The van der Waals surface area contributed by atoms with E-state index < -0.39 is 5.97 Å². The maximum Gasteiger partial charge on any atom is 0.304 e. The number of carbonyl (C=O) groups is 1. The summed E-state index contributed by atoms with van der Waals surface area (Å²) in [5, 5.41) is 8.45. The molecular weight excluding hydrogens is 202 g/mol. The summed E-state index contributed by atoms with van der Waals surface area (Å²) in [6.07, 6.45) is 5.23. The van der Waals surface area contributed by atoms with Gasteiger partial charge in [-0.3, -0.25) is 4.79 Å². The summed E-state index contributed by atoms with van der Waals surface area (Å²) < 4.78 is 0. The molecule has 0 aliphatic carbocycles. The number of hydrogen-bond acceptors (Lipinski definition) is 2. The zero-order valence-electron chi connectivity index (χ0n) is 9.16. The van der Waals surface area contributed by atoms with Crippen LogP contribution in [-0.4, -0.2) is 36.1 Å². The number of aliphatic carboxylic acids is 1. The summed E-state index contributed by atoms with van der Waals surface area (Å²) in [6.45, 7) is 3.88. The van der Waals surface area contributed by atoms with Gasteiger partial charge in [0.1, 0.15) is 0 Å². The van der Waals surface area contributed by atoms with E-state index in [2.05, 4.69) is 11.8 Å². The zero-order chi connectivity index (χ0) is 10.1. The molecule has 0 saturated heterocycles. The van der Waals surface area contributed by atoms with Gasteiger partial charge in [0.15, 0.2) is 0 Å². The van der Waals surface area contributed by atoms with Crippen molar-refractivity contribution in [1.82, 2.24) is 4.90 Å². The first kappa shape index (κ1) is 16.2. The predicted molar refractivity (Wildman–Crippen MR) is 61.1 cm³/mol. The molecule has 0 rings (SSSR count). The number of carboxylic acids is 1. The van der Waals surface area contributed by atoms with Gasteiger partial charge in [0, 0.05) is 6.54 Å². The van der Waals surface area contributed by atoms with Crippen LogP contribution in [0.25, 0.3) is 0 Å². The zero-order valence-corrected chi connectivity index (χ0v) is 9.98. The van der Waals surface area contributed by atoms with Gasteiger partial charge in [0.25, 0.3) is 0 Å². The SMILES string of the molecule is CCCCCCN(C)CCC(=O)O.Cl. The minimum absolute atomic E-state index is 0. The second-order valence-electron chi connectivity index (χ2n) is 3.51. The molecule has 0 heterocycles. The Morgan fingerprint density at radius 3 is 2.36 bits per heavy atom. The van der Waals surface area contributed by atoms with E-state index in [1.807, 2.05) is 7.05 Å². The first-order valence-corrected chi connectivity index (χ1v) is 5.07. The molecule has 0 aromatic carbocycles. The van der Waals surface area contributed by atoms with Gasteiger partial charge in [-0.2, -0.15) is 0 Å². The molecule has 0 aromatic heterocycles. The summed E-state index contributed by atoms with van der Waals surface area (Å²) in [5.74, 6) is -0.708. The van der Waals surface area contributed by atoms with Crippen molar-refractivity contribution in [3.8, 4) is 0 Å². The number of rotatable bonds is 8. The van der Waals surface area contributed by atoms with Crippen molar-refractivity contribution in [2.75, 3.05) is 20.1 Å². The average molecular weight is 224 g/mol. The number of halogens is 1. The normalized spacial score (nSPS) is 9.93. The third kappa shape index (κ3) is 11.7. The van der Waals surface area contributed by atoms with Gasteiger partial charge in [-0.15, -0.1) is 12.4 Å². The Labute approximate surface area is 92.9 Å². The van der Waals surface area contributed by atoms with E-state index in [1.165, 1.54) is 25.7 Å². The molecule has 1 N–H and O–H groups in total. The van der Waals surface area contributed by atoms with Gasteiger partial charge >= 0.3 is 5.97 Å². The molecule has 14 heavy (non-hydrogen) atoms. The molecule has 0 amide bonds. The molecule has 0 atom stereocenters. The maximum absolute atomic E-state index is 10.3. The van der Waals surface area contributed by atoms with Gasteiger partial charge in [-0.05, 0) is 20.0 Å². The van der Waals surface area contributed by atoms with Crippen LogP contribution in [0.1, 0.15) is 39.0 Å². The molecule has 0 aliphatic rings. The van der Waals surface area contributed by atoms with Crippen LogP contribution in [0.15, 0.2) is 0 Å². The lowest BCUT2D eigenvalue weighted by Crippen LogP contribution is -2.22. The fourth-order valence-corrected chi connectivity index (χ4v) is 1.21. The highest BCUT2D eigenvalue weighted by atomic mass is 35.5. The molecule has 0 fully saturated rings. The predicted octanol–water partition coefficient (Wildman–Crippen LogP) is 2.40. The molecular formula is C10H22ClNO2. The van der Waals surface area contributed by atoms with Crippen LogP contribution in [0.3, 0.4) is 0 Å². The molecule has 0 unspecified atom stereocenters. The monoisotopic (exact) mass is 223 g/mol. The number of nitrogens with zero attached hydrogens (tertiary/aromatic N) is 1. The van der Waals surface area contributed by atoms with Crippen molar-refractivity contribution in [3.05, 3.63) is 0 Å². The van der Waals surface area contributed by atoms with Crippen molar-refractivity contribution in [1.29, 1.82) is 0 Å². The first-order chi connectivity index (χ1) is 6.16. The minimum Gasteiger partial charge on any atom is -0.481 e. The lowest BCUT2D eigenvalue weighted by atomic mass is 10.2. The fourth-order valence-electron chi connectivity index (χ4n) is 1.21. The smallest absolute Gasteiger partial charge is 0.304 e. The maximum atomic E-state index is 10.3. The van der Waals surface area contributed by atoms with Gasteiger partial charge in [0.2, 0.25) is 0 Å². The Morgan fingerprint density at radius 2 is 1.86 bits per heavy atom. The summed E-state index contributed by atoms with van der Waals surface area (Å²) in [5.41, 5.74) is 0. The molecule has 0 spiro atoms. The topological polar surface area (TPSA) is 40.5 Å². The van der Waals surface area contributed by atoms with E-state index in [0.29, 0.717) is 6.54 Å². The number of carboxylic acid groups (broad SMARTS) is 1. The number of hydrogen-bond donors (Lipinski definition) is 1. The van der Waals surface area contributed by atoms with Gasteiger partial charge < -0.3 is 10.0 Å². The molecule has 0 bridgehead atoms. The van der Waals surface area contributed by atoms with Crippen LogP contribution in [0.2, 0.25) is 0 Å². The van der Waals surface area contributed by atoms with E-state index >= 15 is 0 Å². The van der Waals surface area contributed by atoms with Crippen molar-refractivity contribution in [2.24, 2.45) is 0 Å². The van der Waals surface area contributed by atoms with Crippen LogP contribution in [0.5, 0.6) is 0 Å². The Morgan fingerprint density at radius 1 is 1.21 bits per heavy atom. The van der Waals surface area contributed by atoms with Crippen molar-refractivity contribution in [2.45, 2.75) is 39.0 Å². The van der Waals surface area contributed by atoms with Gasteiger partial charge in [-0.1, -0.05) is 26.2 Å². The lowest BCUT2D eigenvalue weighted by Gasteiger charge is -2.14. The first-order valence-electron chi connectivity index (χ1n) is 5.07. The highest BCUT2D eigenvalue weighted by molar-refractivity contribution is 5.85. The molecule has 4 heteroatoms. The average Bonchev–Trinajstić information content (AvgIpc) is 2.09. The van der Waals surface area contributed by atoms with Crippen molar-refractivity contribution >= 4 is 18.4 Å². The van der Waals surface area contributed by atoms with Crippen molar-refractivity contribution < 1.29 is 9.90 Å². The van der Waals surface area contributed by atoms with E-state index in [0.717, 1.165) is 6.54 Å². The van der Waals surface area contributed by atoms with Gasteiger partial charge in [-0.25, -0.2) is 0 Å². The van der Waals surface area contributed by atoms with Crippen LogP contribution in [0.4, 0.5) is 0 Å². The Kier molecular flexibility index (Phi) is 12.5. The quantitative estimate of drug-likeness (QED) is 0.643. The van der Waals surface area contributed by atoms with Crippen LogP contribution >= 0.6 is 12.4 Å². The third-order valence-corrected chi connectivity index (χ3v) is 2.10. The summed E-state index contributed by atoms with van der Waals surface area (Å²) in [4.78, 5) is 12.3. The molecule has 0 aromatic rings. The van der Waals surface area contributed by atoms with E-state index in [-0.39, 0.29) is 18.8 Å². The molecule has 86 valence electrons. The van der Waals surface area contributed by atoms with E-state index in [9.17, 15) is 4.79 Å². The highest BCUT2D eigenvalue weighted by Crippen LogP contribution is 2.00. The molecule has 0 aliphatic heterocycles. The minimum atomic E-state index is -0.708. The molecule has 0 saturated carbocycles. The fraction of sp³-hybridized carbons (Fsp3) is 0.900. The van der Waals surface area contributed by atoms with Gasteiger partial charge in [0.05, 0.1) is 6.42 Å². The standard InChI is InChI=1S/C10H21NO2.ClH/c1-3-4-5-6-8-11(2)9-7-10(12)13;/h3-9H2,1-2H3,(H,12,13);1H. The highest BCUT2D eigenvalue weighted by Gasteiger charge is 2.01. The van der Waals surface area contributed by atoms with Crippen LogP contribution in [0, 0.1) is 0 Å². The Balaban J connectivity index is 0. The van der Waals surface area contributed by atoms with E-state index in [4.69, 9.17) is 5.11 Å². The lowest BCUT2D eigenvalue weighted by molar-refractivity contribution is -0.137. The van der Waals surface area contributed by atoms with Crippen molar-refractivity contribution in [3.63, 3.8) is 0 Å². The Bertz CT molecular complexity index is 142. The second kappa shape index (κ2) is 10.8. The largest absolute Gasteiger partial charge is 0.481 e. The Hall–Kier alpha value is -0.280. The molecule has 3 nitrogen and oxygen atoms in total. The summed E-state index contributed by atoms with van der Waals surface area (Å²) in [6, 6.07) is 0. The van der Waals surface area contributed by atoms with Crippen LogP contribution in [-0.2, 0) is 4.79 Å².